The molecule has 0 radical (unpaired) electrons. The number of halogens is 2. The molecule has 23 heteroatoms. The molecule has 114 heavy (non-hydrogen) atoms. The number of imidazole rings is 4. The summed E-state index contributed by atoms with van der Waals surface area (Å²) in [5, 5.41) is 35.1. The molecule has 11 aromatic carbocycles. The summed E-state index contributed by atoms with van der Waals surface area (Å²) in [6.07, 6.45) is 7.98. The average molecular weight is 1530 g/mol. The molecule has 0 spiro atoms. The van der Waals surface area contributed by atoms with E-state index < -0.39 is 6.04 Å². The second-order valence-electron chi connectivity index (χ2n) is 26.3. The zero-order valence-electron chi connectivity index (χ0n) is 61.1. The molecule has 1 unspecified atom stereocenters. The second kappa shape index (κ2) is 34.3. The number of para-hydroxylation sites is 8. The van der Waals surface area contributed by atoms with Crippen molar-refractivity contribution in [1.82, 2.24) is 48.2 Å². The van der Waals surface area contributed by atoms with Gasteiger partial charge in [0.25, 0.3) is 0 Å². The molecule has 6 aromatic heterocycles. The number of allylic oxidation sites excluding steroid dienone is 1. The Morgan fingerprint density at radius 3 is 1.27 bits per heavy atom. The summed E-state index contributed by atoms with van der Waals surface area (Å²) in [4.78, 5) is 83.4. The smallest absolute Gasteiger partial charge is 0.247 e. The fourth-order valence-electron chi connectivity index (χ4n) is 13.3. The monoisotopic (exact) mass is 1530 g/mol. The van der Waals surface area contributed by atoms with E-state index in [0.717, 1.165) is 106 Å². The van der Waals surface area contributed by atoms with Crippen LogP contribution in [0.1, 0.15) is 36.3 Å². The van der Waals surface area contributed by atoms with Crippen molar-refractivity contribution in [2.45, 2.75) is 39.0 Å². The third kappa shape index (κ3) is 16.9. The molecule has 4 amide bonds. The lowest BCUT2D eigenvalue weighted by atomic mass is 10.1. The van der Waals surface area contributed by atoms with Gasteiger partial charge in [0.1, 0.15) is 60.7 Å². The van der Waals surface area contributed by atoms with E-state index in [9.17, 15) is 19.2 Å². The first-order valence-corrected chi connectivity index (χ1v) is 37.1. The van der Waals surface area contributed by atoms with E-state index in [1.54, 1.807) is 48.8 Å². The molecule has 1 atom stereocenters. The fourth-order valence-corrected chi connectivity index (χ4v) is 13.7. The number of anilines is 4. The Labute approximate surface area is 663 Å². The van der Waals surface area contributed by atoms with Crippen LogP contribution in [0.4, 0.5) is 22.7 Å². The number of nitrogens with one attached hydrogen (secondary N) is 4. The summed E-state index contributed by atoms with van der Waals surface area (Å²) < 4.78 is 7.60. The number of rotatable bonds is 16. The molecule has 0 fully saturated rings. The van der Waals surface area contributed by atoms with Crippen LogP contribution >= 0.6 is 23.2 Å². The minimum atomic E-state index is -0.471. The highest BCUT2D eigenvalue weighted by Crippen LogP contribution is 2.33. The van der Waals surface area contributed by atoms with Gasteiger partial charge >= 0.3 is 0 Å². The molecule has 0 saturated heterocycles. The predicted molar refractivity (Wildman–Crippen MR) is 451 cm³/mol. The van der Waals surface area contributed by atoms with Crippen LogP contribution in [-0.4, -0.2) is 78.0 Å². The van der Waals surface area contributed by atoms with Crippen molar-refractivity contribution in [2.24, 2.45) is 4.99 Å². The summed E-state index contributed by atoms with van der Waals surface area (Å²) in [5.41, 5.74) is 13.2. The largest absolute Gasteiger partial charge is 0.325 e. The molecule has 17 aromatic rings. The molecule has 1 aliphatic rings. The standard InChI is InChI=1S/C25H20N4O.C25H19N3O.C21H14ClN5O.C20H14ClN5O/c1-17(25(30)27-20-14-13-18-8-2-3-9-19(18)16-20)29-23-12-5-4-10-21(23)28-24(29)22-11-6-7-15-26-22;29-24(26-21-15-14-18-8-4-5-11-20(18)16-21)17-28-23-13-7-6-12-22(23)27-25(28)19-9-2-1-3-10-19;22-16-9-8-15(11-14(16)12-23)25-20(28)13-27-19-7-2-1-5-17(19)26-21(27)18-6-3-4-10-24-18;21-15-8-7-14(10-13(15)11-22)24-19(27)12-26-18-6-2-1-4-16(18)25-20(26)17-5-3-9-23-17/h2-17H,1H3,(H,27,30);1-16H,17H2,(H,26,29);1-11H,13H2,(H,25,28);1-2,4-10H,3,12H2,(H,24,27). The van der Waals surface area contributed by atoms with Gasteiger partial charge in [-0.2, -0.15) is 10.5 Å². The van der Waals surface area contributed by atoms with Gasteiger partial charge in [-0.1, -0.05) is 175 Å². The highest BCUT2D eigenvalue weighted by Gasteiger charge is 2.25. The number of pyridine rings is 2. The lowest BCUT2D eigenvalue weighted by Gasteiger charge is -2.17. The zero-order valence-corrected chi connectivity index (χ0v) is 62.6. The number of fused-ring (bicyclic) bond motifs is 6. The van der Waals surface area contributed by atoms with Crippen LogP contribution in [0.15, 0.2) is 309 Å². The van der Waals surface area contributed by atoms with Gasteiger partial charge in [-0.25, -0.2) is 19.9 Å². The average Bonchev–Trinajstić information content (AvgIpc) is 1.64. The van der Waals surface area contributed by atoms with Crippen molar-refractivity contribution in [1.29, 1.82) is 10.5 Å². The summed E-state index contributed by atoms with van der Waals surface area (Å²) in [6, 6.07) is 93.5. The number of nitriles is 2. The minimum absolute atomic E-state index is 0.0525. The van der Waals surface area contributed by atoms with Gasteiger partial charge in [0, 0.05) is 53.3 Å². The van der Waals surface area contributed by atoms with E-state index >= 15 is 0 Å². The van der Waals surface area contributed by atoms with Gasteiger partial charge in [0.2, 0.25) is 23.6 Å². The number of hydrogen-bond donors (Lipinski definition) is 4. The molecule has 0 saturated carbocycles. The Morgan fingerprint density at radius 2 is 0.789 bits per heavy atom. The fraction of sp³-hybridized carbons (Fsp3) is 0.0659. The van der Waals surface area contributed by atoms with Gasteiger partial charge < -0.3 is 39.5 Å². The van der Waals surface area contributed by atoms with Crippen LogP contribution in [-0.2, 0) is 38.8 Å². The summed E-state index contributed by atoms with van der Waals surface area (Å²) in [5.74, 6) is 2.09. The van der Waals surface area contributed by atoms with Gasteiger partial charge in [-0.15, -0.1) is 0 Å². The van der Waals surface area contributed by atoms with Crippen molar-refractivity contribution in [2.75, 3.05) is 21.3 Å². The number of carbonyl (C=O) groups excluding carboxylic acids is 4. The van der Waals surface area contributed by atoms with Crippen LogP contribution in [0.2, 0.25) is 10.0 Å². The van der Waals surface area contributed by atoms with Crippen LogP contribution in [0.25, 0.3) is 106 Å². The number of amides is 4. The molecule has 0 aliphatic carbocycles. The number of aromatic nitrogens is 10. The lowest BCUT2D eigenvalue weighted by molar-refractivity contribution is -0.119. The highest BCUT2D eigenvalue weighted by molar-refractivity contribution is 6.32. The molecule has 0 bridgehead atoms. The van der Waals surface area contributed by atoms with Gasteiger partial charge in [0.15, 0.2) is 17.5 Å². The molecule has 18 rings (SSSR count). The third-order valence-electron chi connectivity index (χ3n) is 18.7. The number of benzene rings is 11. The lowest BCUT2D eigenvalue weighted by Crippen LogP contribution is -2.24. The normalized spacial score (nSPS) is 11.6. The first-order valence-electron chi connectivity index (χ1n) is 36.3. The number of hydrogen-bond acceptors (Lipinski definition) is 13. The number of nitrogens with zero attached hydrogens (tertiary/aromatic N) is 13. The number of aliphatic imine (C=N–C) groups is 1. The van der Waals surface area contributed by atoms with Crippen molar-refractivity contribution in [3.8, 4) is 46.6 Å². The topological polar surface area (TPSA) is 273 Å². The van der Waals surface area contributed by atoms with E-state index in [0.29, 0.717) is 55.7 Å². The van der Waals surface area contributed by atoms with E-state index in [1.807, 2.05) is 286 Å². The van der Waals surface area contributed by atoms with Gasteiger partial charge in [-0.05, 0) is 168 Å². The zero-order chi connectivity index (χ0) is 78.4. The maximum Gasteiger partial charge on any atom is 0.247 e. The third-order valence-corrected chi connectivity index (χ3v) is 19.4. The first-order chi connectivity index (χ1) is 55.8. The molecule has 4 N–H and O–H groups in total. The molecule has 1 aliphatic heterocycles. The van der Waals surface area contributed by atoms with Gasteiger partial charge in [-0.3, -0.25) is 34.1 Å². The molecule has 554 valence electrons. The van der Waals surface area contributed by atoms with Crippen LogP contribution in [0, 0.1) is 22.7 Å². The number of carbonyl (C=O) groups is 4. The SMILES string of the molecule is CC(C(=O)Nc1ccc2ccccc2c1)n1c(-c2ccccn2)nc2ccccc21.N#Cc1cc(NC(=O)Cn2c(-c3ccccn3)nc3ccccc32)ccc1Cl.N#Cc1cc(NC(=O)Cn2c(C3=CCC=N3)nc3ccccc32)ccc1Cl.O=C(Cn1c(-c2ccccc2)nc2ccccc21)Nc1ccc2ccccc2c1. The Hall–Kier alpha value is -15.0. The van der Waals surface area contributed by atoms with Crippen LogP contribution in [0.5, 0.6) is 0 Å². The van der Waals surface area contributed by atoms with E-state index in [4.69, 9.17) is 43.7 Å². The first kappa shape index (κ1) is 74.4. The highest BCUT2D eigenvalue weighted by atomic mass is 35.5. The molecule has 21 nitrogen and oxygen atoms in total. The molecular formula is C91H67Cl2N17O4. The van der Waals surface area contributed by atoms with Gasteiger partial charge in [0.05, 0.1) is 65.3 Å². The minimum Gasteiger partial charge on any atom is -0.325 e. The van der Waals surface area contributed by atoms with E-state index in [-0.39, 0.29) is 43.3 Å². The van der Waals surface area contributed by atoms with E-state index in [1.165, 1.54) is 0 Å². The van der Waals surface area contributed by atoms with Crippen LogP contribution in [0.3, 0.4) is 0 Å². The maximum absolute atomic E-state index is 13.2. The van der Waals surface area contributed by atoms with E-state index in [2.05, 4.69) is 58.3 Å². The van der Waals surface area contributed by atoms with Crippen molar-refractivity contribution in [3.05, 3.63) is 331 Å². The summed E-state index contributed by atoms with van der Waals surface area (Å²) in [6.45, 7) is 2.21. The van der Waals surface area contributed by atoms with Crippen molar-refractivity contribution >= 4 is 147 Å². The molecule has 7 heterocycles. The Kier molecular flexibility index (Phi) is 22.4. The van der Waals surface area contributed by atoms with Crippen LogP contribution < -0.4 is 21.3 Å². The second-order valence-corrected chi connectivity index (χ2v) is 27.1. The summed E-state index contributed by atoms with van der Waals surface area (Å²) >= 11 is 11.9. The maximum atomic E-state index is 13.2. The predicted octanol–water partition coefficient (Wildman–Crippen LogP) is 19.2. The van der Waals surface area contributed by atoms with Crippen molar-refractivity contribution < 1.29 is 19.2 Å². The Morgan fingerprint density at radius 1 is 0.404 bits per heavy atom. The van der Waals surface area contributed by atoms with Crippen molar-refractivity contribution in [3.63, 3.8) is 0 Å². The Bertz CT molecular complexity index is 6640. The quantitative estimate of drug-likeness (QED) is 0.0703. The Balaban J connectivity index is 0.000000120. The summed E-state index contributed by atoms with van der Waals surface area (Å²) in [7, 11) is 0. The molecular weight excluding hydrogens is 1470 g/mol.